The van der Waals surface area contributed by atoms with Crippen LogP contribution in [0.3, 0.4) is 0 Å². The summed E-state index contributed by atoms with van der Waals surface area (Å²) in [4.78, 5) is 23.6. The molecule has 2 N–H and O–H groups in total. The quantitative estimate of drug-likeness (QED) is 0.700. The van der Waals surface area contributed by atoms with Gasteiger partial charge in [0.25, 0.3) is 5.91 Å². The number of aromatic amines is 1. The number of anilines is 1. The van der Waals surface area contributed by atoms with Crippen LogP contribution in [0.4, 0.5) is 5.69 Å². The molecule has 1 aromatic heterocycles. The van der Waals surface area contributed by atoms with Gasteiger partial charge in [-0.25, -0.2) is 4.98 Å². The van der Waals surface area contributed by atoms with Gasteiger partial charge in [-0.15, -0.1) is 0 Å². The lowest BCUT2D eigenvalue weighted by Crippen LogP contribution is -2.46. The largest absolute Gasteiger partial charge is 0.368 e. The number of halogens is 1. The molecule has 1 saturated heterocycles. The minimum atomic E-state index is -0.183. The second-order valence-electron chi connectivity index (χ2n) is 6.99. The summed E-state index contributed by atoms with van der Waals surface area (Å²) in [5.41, 5.74) is 3.23. The Morgan fingerprint density at radius 3 is 2.75 bits per heavy atom. The van der Waals surface area contributed by atoms with Crippen LogP contribution >= 0.6 is 11.6 Å². The summed E-state index contributed by atoms with van der Waals surface area (Å²) in [5.74, 6) is 0.172. The molecule has 1 amide bonds. The molecule has 2 heterocycles. The van der Waals surface area contributed by atoms with Crippen LogP contribution in [-0.2, 0) is 6.42 Å². The molecule has 150 valence electrons. The Hall–Kier alpha value is -2.31. The number of piperazine rings is 1. The van der Waals surface area contributed by atoms with Crippen molar-refractivity contribution in [2.24, 2.45) is 0 Å². The summed E-state index contributed by atoms with van der Waals surface area (Å²) in [6.45, 7) is 9.31. The van der Waals surface area contributed by atoms with E-state index in [0.29, 0.717) is 12.4 Å². The first-order valence-electron chi connectivity index (χ1n) is 9.78. The summed E-state index contributed by atoms with van der Waals surface area (Å²) in [6, 6.07) is 6.30. The van der Waals surface area contributed by atoms with E-state index in [1.165, 1.54) is 5.56 Å². The van der Waals surface area contributed by atoms with Crippen LogP contribution in [0.1, 0.15) is 28.8 Å². The van der Waals surface area contributed by atoms with E-state index in [-0.39, 0.29) is 5.91 Å². The highest BCUT2D eigenvalue weighted by molar-refractivity contribution is 6.34. The van der Waals surface area contributed by atoms with Crippen LogP contribution < -0.4 is 10.2 Å². The van der Waals surface area contributed by atoms with Crippen LogP contribution in [0.25, 0.3) is 0 Å². The number of nitrogens with zero attached hydrogens (tertiary/aromatic N) is 3. The Bertz CT molecular complexity index is 824. The average molecular weight is 402 g/mol. The average Bonchev–Trinajstić information content (AvgIpc) is 3.15. The zero-order valence-electron chi connectivity index (χ0n) is 16.5. The Labute approximate surface area is 171 Å². The first-order chi connectivity index (χ1) is 13.6. The summed E-state index contributed by atoms with van der Waals surface area (Å²) in [5, 5.41) is 3.72. The Balaban J connectivity index is 1.40. The monoisotopic (exact) mass is 401 g/mol. The van der Waals surface area contributed by atoms with Gasteiger partial charge in [-0.1, -0.05) is 42.8 Å². The minimum absolute atomic E-state index is 0.183. The van der Waals surface area contributed by atoms with E-state index in [4.69, 9.17) is 11.6 Å². The maximum atomic E-state index is 11.9. The lowest BCUT2D eigenvalue weighted by atomic mass is 10.1. The number of hydrogen-bond acceptors (Lipinski definition) is 4. The van der Waals surface area contributed by atoms with Crippen LogP contribution in [0, 0.1) is 6.92 Å². The number of aryl methyl sites for hydroxylation is 2. The fourth-order valence-electron chi connectivity index (χ4n) is 3.33. The molecule has 1 aliphatic heterocycles. The minimum Gasteiger partial charge on any atom is -0.368 e. The summed E-state index contributed by atoms with van der Waals surface area (Å²) in [7, 11) is 0. The zero-order valence-corrected chi connectivity index (χ0v) is 17.3. The molecule has 2 aromatic rings. The second-order valence-corrected chi connectivity index (χ2v) is 7.37. The number of imidazole rings is 1. The molecular weight excluding hydrogens is 374 g/mol. The number of aromatic nitrogens is 2. The van der Waals surface area contributed by atoms with E-state index in [2.05, 4.69) is 56.3 Å². The van der Waals surface area contributed by atoms with Crippen molar-refractivity contribution in [2.45, 2.75) is 20.3 Å². The number of benzene rings is 1. The predicted octanol–water partition coefficient (Wildman–Crippen LogP) is 3.04. The van der Waals surface area contributed by atoms with Gasteiger partial charge in [-0.2, -0.15) is 0 Å². The molecule has 28 heavy (non-hydrogen) atoms. The maximum absolute atomic E-state index is 11.9. The normalized spacial score (nSPS) is 15.3. The van der Waals surface area contributed by atoms with Crippen LogP contribution in [0.5, 0.6) is 0 Å². The van der Waals surface area contributed by atoms with Crippen LogP contribution in [-0.4, -0.2) is 60.0 Å². The Morgan fingerprint density at radius 1 is 1.29 bits per heavy atom. The molecule has 0 bridgehead atoms. The van der Waals surface area contributed by atoms with Gasteiger partial charge in [0.15, 0.2) is 5.82 Å². The third-order valence-electron chi connectivity index (χ3n) is 4.98. The number of carbonyl (C=O) groups excluding carboxylic acids is 1. The van der Waals surface area contributed by atoms with E-state index in [1.54, 1.807) is 6.20 Å². The standard InChI is InChI=1S/C21H28ClN5O/c1-3-17-7-6-8-18(19(17)22)27-13-11-26(12-14-27)10-5-4-9-23-21(28)20-24-15-16(2)25-20/h4-8,15H,3,9-14H2,1-2H3,(H,23,28)(H,24,25). The van der Waals surface area contributed by atoms with Gasteiger partial charge in [0, 0.05) is 51.2 Å². The second kappa shape index (κ2) is 9.75. The van der Waals surface area contributed by atoms with Crippen LogP contribution in [0.15, 0.2) is 36.5 Å². The van der Waals surface area contributed by atoms with E-state index < -0.39 is 0 Å². The van der Waals surface area contributed by atoms with E-state index in [9.17, 15) is 4.79 Å². The molecule has 0 spiro atoms. The van der Waals surface area contributed by atoms with Gasteiger partial charge < -0.3 is 15.2 Å². The molecule has 1 aliphatic rings. The highest BCUT2D eigenvalue weighted by Gasteiger charge is 2.19. The number of amides is 1. The molecule has 0 aliphatic carbocycles. The third-order valence-corrected chi connectivity index (χ3v) is 5.42. The van der Waals surface area contributed by atoms with E-state index in [1.807, 2.05) is 13.0 Å². The molecule has 0 atom stereocenters. The van der Waals surface area contributed by atoms with Gasteiger partial charge in [-0.3, -0.25) is 9.69 Å². The van der Waals surface area contributed by atoms with Crippen molar-refractivity contribution < 1.29 is 4.79 Å². The first kappa shape index (κ1) is 20.4. The lowest BCUT2D eigenvalue weighted by molar-refractivity contribution is 0.0948. The van der Waals surface area contributed by atoms with Gasteiger partial charge in [0.2, 0.25) is 0 Å². The van der Waals surface area contributed by atoms with Crippen molar-refractivity contribution in [2.75, 3.05) is 44.2 Å². The number of H-pyrrole nitrogens is 1. The Morgan fingerprint density at radius 2 is 2.07 bits per heavy atom. The van der Waals surface area contributed by atoms with Crippen LogP contribution in [0.2, 0.25) is 5.02 Å². The van der Waals surface area contributed by atoms with Crippen molar-refractivity contribution in [3.05, 3.63) is 58.7 Å². The van der Waals surface area contributed by atoms with Gasteiger partial charge >= 0.3 is 0 Å². The molecule has 1 fully saturated rings. The predicted molar refractivity (Wildman–Crippen MR) is 114 cm³/mol. The van der Waals surface area contributed by atoms with E-state index >= 15 is 0 Å². The fourth-order valence-corrected chi connectivity index (χ4v) is 3.70. The topological polar surface area (TPSA) is 64.3 Å². The molecule has 0 unspecified atom stereocenters. The number of hydrogen-bond donors (Lipinski definition) is 2. The summed E-state index contributed by atoms with van der Waals surface area (Å²) >= 11 is 6.56. The molecule has 3 rings (SSSR count). The van der Waals surface area contributed by atoms with Gasteiger partial charge in [0.1, 0.15) is 0 Å². The molecule has 0 saturated carbocycles. The third kappa shape index (κ3) is 5.14. The first-order valence-corrected chi connectivity index (χ1v) is 10.2. The van der Waals surface area contributed by atoms with E-state index in [0.717, 1.165) is 55.5 Å². The molecule has 0 radical (unpaired) electrons. The molecule has 7 heteroatoms. The Kier molecular flexibility index (Phi) is 7.12. The lowest BCUT2D eigenvalue weighted by Gasteiger charge is -2.36. The highest BCUT2D eigenvalue weighted by Crippen LogP contribution is 2.30. The van der Waals surface area contributed by atoms with Crippen molar-refractivity contribution in [1.29, 1.82) is 0 Å². The van der Waals surface area contributed by atoms with Crippen molar-refractivity contribution >= 4 is 23.2 Å². The zero-order chi connectivity index (χ0) is 19.9. The number of carbonyl (C=O) groups is 1. The van der Waals surface area contributed by atoms with Gasteiger partial charge in [0.05, 0.1) is 10.7 Å². The molecular formula is C21H28ClN5O. The fraction of sp³-hybridized carbons (Fsp3) is 0.429. The molecule has 1 aromatic carbocycles. The van der Waals surface area contributed by atoms with Crippen molar-refractivity contribution in [3.8, 4) is 0 Å². The van der Waals surface area contributed by atoms with Gasteiger partial charge in [-0.05, 0) is 25.0 Å². The highest BCUT2D eigenvalue weighted by atomic mass is 35.5. The SMILES string of the molecule is CCc1cccc(N2CCN(CC=CCNC(=O)c3ncc(C)[nH]3)CC2)c1Cl. The van der Waals surface area contributed by atoms with Crippen molar-refractivity contribution in [3.63, 3.8) is 0 Å². The molecule has 6 nitrogen and oxygen atoms in total. The van der Waals surface area contributed by atoms with Crippen molar-refractivity contribution in [1.82, 2.24) is 20.2 Å². The number of nitrogens with one attached hydrogen (secondary N) is 2. The maximum Gasteiger partial charge on any atom is 0.287 e. The summed E-state index contributed by atoms with van der Waals surface area (Å²) < 4.78 is 0. The summed E-state index contributed by atoms with van der Waals surface area (Å²) in [6.07, 6.45) is 6.69. The smallest absolute Gasteiger partial charge is 0.287 e. The number of rotatable bonds is 7.